The molecular weight excluding hydrogens is 324 g/mol. The summed E-state index contributed by atoms with van der Waals surface area (Å²) in [5.74, 6) is -0.0880. The highest BCUT2D eigenvalue weighted by Crippen LogP contribution is 2.21. The summed E-state index contributed by atoms with van der Waals surface area (Å²) in [5, 5.41) is 3.39. The van der Waals surface area contributed by atoms with Gasteiger partial charge >= 0.3 is 0 Å². The standard InChI is InChI=1S/C17H22N4O2S/c1-12-7-14(3-4-18-12)8-15-10-21(5-6-23-15)11-16-9-19-17(24-16)20-13(2)22/h3-4,7,9,15H,5-6,8,10-11H2,1-2H3,(H,19,20,22). The molecule has 0 aliphatic carbocycles. The second-order valence-electron chi connectivity index (χ2n) is 6.05. The zero-order chi connectivity index (χ0) is 16.9. The lowest BCUT2D eigenvalue weighted by atomic mass is 10.1. The Balaban J connectivity index is 1.55. The third-order valence-corrected chi connectivity index (χ3v) is 4.76. The first-order valence-corrected chi connectivity index (χ1v) is 8.88. The molecule has 0 saturated carbocycles. The molecular formula is C17H22N4O2S. The number of thiazole rings is 1. The number of hydrogen-bond donors (Lipinski definition) is 1. The molecule has 1 aliphatic rings. The van der Waals surface area contributed by atoms with Crippen molar-refractivity contribution < 1.29 is 9.53 Å². The first kappa shape index (κ1) is 17.0. The van der Waals surface area contributed by atoms with E-state index < -0.39 is 0 Å². The zero-order valence-corrected chi connectivity index (χ0v) is 14.8. The average molecular weight is 346 g/mol. The van der Waals surface area contributed by atoms with Gasteiger partial charge in [-0.15, -0.1) is 11.3 Å². The van der Waals surface area contributed by atoms with Gasteiger partial charge in [-0.2, -0.15) is 0 Å². The van der Waals surface area contributed by atoms with E-state index in [0.717, 1.165) is 43.2 Å². The summed E-state index contributed by atoms with van der Waals surface area (Å²) in [4.78, 5) is 23.1. The topological polar surface area (TPSA) is 67.4 Å². The maximum atomic E-state index is 11.1. The molecule has 1 fully saturated rings. The molecule has 2 aromatic rings. The summed E-state index contributed by atoms with van der Waals surface area (Å²) in [6.45, 7) is 6.90. The molecule has 7 heteroatoms. The number of morpholine rings is 1. The Labute approximate surface area is 145 Å². The van der Waals surface area contributed by atoms with Crippen LogP contribution in [0.3, 0.4) is 0 Å². The molecule has 2 aromatic heterocycles. The number of amides is 1. The van der Waals surface area contributed by atoms with E-state index in [4.69, 9.17) is 4.74 Å². The first-order valence-electron chi connectivity index (χ1n) is 8.06. The van der Waals surface area contributed by atoms with Gasteiger partial charge in [0.1, 0.15) is 0 Å². The van der Waals surface area contributed by atoms with E-state index in [2.05, 4.69) is 32.3 Å². The molecule has 1 unspecified atom stereocenters. The van der Waals surface area contributed by atoms with E-state index in [9.17, 15) is 4.79 Å². The Bertz CT molecular complexity index is 703. The quantitative estimate of drug-likeness (QED) is 0.899. The summed E-state index contributed by atoms with van der Waals surface area (Å²) < 4.78 is 5.92. The van der Waals surface area contributed by atoms with Crippen molar-refractivity contribution in [2.75, 3.05) is 25.0 Å². The van der Waals surface area contributed by atoms with Crippen LogP contribution in [0.25, 0.3) is 0 Å². The fourth-order valence-corrected chi connectivity index (χ4v) is 3.75. The Hall–Kier alpha value is -1.83. The molecule has 1 saturated heterocycles. The number of anilines is 1. The maximum Gasteiger partial charge on any atom is 0.223 e. The number of aryl methyl sites for hydroxylation is 1. The van der Waals surface area contributed by atoms with E-state index in [0.29, 0.717) is 5.13 Å². The normalized spacial score (nSPS) is 18.5. The van der Waals surface area contributed by atoms with E-state index in [1.165, 1.54) is 23.8 Å². The van der Waals surface area contributed by atoms with Crippen molar-refractivity contribution in [1.82, 2.24) is 14.9 Å². The van der Waals surface area contributed by atoms with Crippen molar-refractivity contribution in [2.45, 2.75) is 32.9 Å². The highest BCUT2D eigenvalue weighted by atomic mass is 32.1. The summed E-state index contributed by atoms with van der Waals surface area (Å²) >= 11 is 1.53. The lowest BCUT2D eigenvalue weighted by molar-refractivity contribution is -0.114. The number of ether oxygens (including phenoxy) is 1. The average Bonchev–Trinajstić information content (AvgIpc) is 2.94. The molecule has 6 nitrogen and oxygen atoms in total. The number of carbonyl (C=O) groups excluding carboxylic acids is 1. The Morgan fingerprint density at radius 1 is 1.50 bits per heavy atom. The lowest BCUT2D eigenvalue weighted by Gasteiger charge is -2.32. The van der Waals surface area contributed by atoms with Crippen LogP contribution >= 0.6 is 11.3 Å². The van der Waals surface area contributed by atoms with Crippen molar-refractivity contribution in [3.63, 3.8) is 0 Å². The van der Waals surface area contributed by atoms with Gasteiger partial charge in [-0.05, 0) is 31.0 Å². The Morgan fingerprint density at radius 3 is 3.17 bits per heavy atom. The number of nitrogens with zero attached hydrogens (tertiary/aromatic N) is 3. The van der Waals surface area contributed by atoms with Crippen molar-refractivity contribution in [1.29, 1.82) is 0 Å². The van der Waals surface area contributed by atoms with E-state index in [-0.39, 0.29) is 12.0 Å². The van der Waals surface area contributed by atoms with E-state index >= 15 is 0 Å². The van der Waals surface area contributed by atoms with Gasteiger partial charge in [0.2, 0.25) is 5.91 Å². The second-order valence-corrected chi connectivity index (χ2v) is 7.17. The van der Waals surface area contributed by atoms with Crippen LogP contribution in [0.1, 0.15) is 23.1 Å². The monoisotopic (exact) mass is 346 g/mol. The van der Waals surface area contributed by atoms with Crippen molar-refractivity contribution in [3.05, 3.63) is 40.7 Å². The molecule has 1 N–H and O–H groups in total. The number of nitrogens with one attached hydrogen (secondary N) is 1. The van der Waals surface area contributed by atoms with Crippen LogP contribution in [0.5, 0.6) is 0 Å². The molecule has 1 amide bonds. The van der Waals surface area contributed by atoms with Gasteiger partial charge in [0, 0.05) is 49.5 Å². The van der Waals surface area contributed by atoms with Gasteiger partial charge in [-0.1, -0.05) is 0 Å². The van der Waals surface area contributed by atoms with Crippen LogP contribution < -0.4 is 5.32 Å². The van der Waals surface area contributed by atoms with Crippen molar-refractivity contribution in [3.8, 4) is 0 Å². The van der Waals surface area contributed by atoms with Crippen molar-refractivity contribution in [2.24, 2.45) is 0 Å². The SMILES string of the molecule is CC(=O)Nc1ncc(CN2CCOC(Cc3ccnc(C)c3)C2)s1. The number of pyridine rings is 1. The Kier molecular flexibility index (Phi) is 5.55. The summed E-state index contributed by atoms with van der Waals surface area (Å²) in [6, 6.07) is 4.17. The molecule has 0 aromatic carbocycles. The third-order valence-electron chi connectivity index (χ3n) is 3.86. The number of hydrogen-bond acceptors (Lipinski definition) is 6. The van der Waals surface area contributed by atoms with Crippen LogP contribution in [0.2, 0.25) is 0 Å². The Morgan fingerprint density at radius 2 is 2.38 bits per heavy atom. The molecule has 128 valence electrons. The number of aromatic nitrogens is 2. The van der Waals surface area contributed by atoms with Crippen LogP contribution in [0, 0.1) is 6.92 Å². The molecule has 24 heavy (non-hydrogen) atoms. The largest absolute Gasteiger partial charge is 0.375 e. The molecule has 0 bridgehead atoms. The lowest BCUT2D eigenvalue weighted by Crippen LogP contribution is -2.42. The molecule has 3 rings (SSSR count). The van der Waals surface area contributed by atoms with E-state index in [1.807, 2.05) is 19.3 Å². The van der Waals surface area contributed by atoms with Gasteiger partial charge in [0.05, 0.1) is 12.7 Å². The van der Waals surface area contributed by atoms with Gasteiger partial charge in [0.15, 0.2) is 5.13 Å². The molecule has 0 spiro atoms. The highest BCUT2D eigenvalue weighted by Gasteiger charge is 2.21. The van der Waals surface area contributed by atoms with Gasteiger partial charge < -0.3 is 10.1 Å². The van der Waals surface area contributed by atoms with Crippen LogP contribution in [0.15, 0.2) is 24.5 Å². The fourth-order valence-electron chi connectivity index (χ4n) is 2.85. The highest BCUT2D eigenvalue weighted by molar-refractivity contribution is 7.15. The zero-order valence-electron chi connectivity index (χ0n) is 14.0. The number of rotatable bonds is 5. The summed E-state index contributed by atoms with van der Waals surface area (Å²) in [6.07, 6.45) is 4.79. The summed E-state index contributed by atoms with van der Waals surface area (Å²) in [5.41, 5.74) is 2.30. The van der Waals surface area contributed by atoms with E-state index in [1.54, 1.807) is 0 Å². The predicted octanol–water partition coefficient (Wildman–Crippen LogP) is 2.25. The smallest absolute Gasteiger partial charge is 0.223 e. The molecule has 3 heterocycles. The second kappa shape index (κ2) is 7.83. The van der Waals surface area contributed by atoms with Gasteiger partial charge in [-0.3, -0.25) is 14.7 Å². The molecule has 0 radical (unpaired) electrons. The van der Waals surface area contributed by atoms with Gasteiger partial charge in [0.25, 0.3) is 0 Å². The third kappa shape index (κ3) is 4.83. The number of carbonyl (C=O) groups is 1. The van der Waals surface area contributed by atoms with Crippen LogP contribution in [-0.2, 0) is 22.5 Å². The maximum absolute atomic E-state index is 11.1. The minimum absolute atomic E-state index is 0.0880. The van der Waals surface area contributed by atoms with Crippen LogP contribution in [-0.4, -0.2) is 46.6 Å². The van der Waals surface area contributed by atoms with Crippen molar-refractivity contribution >= 4 is 22.4 Å². The molecule has 1 atom stereocenters. The minimum Gasteiger partial charge on any atom is -0.375 e. The van der Waals surface area contributed by atoms with Crippen LogP contribution in [0.4, 0.5) is 5.13 Å². The fraction of sp³-hybridized carbons (Fsp3) is 0.471. The van der Waals surface area contributed by atoms with Gasteiger partial charge in [-0.25, -0.2) is 4.98 Å². The minimum atomic E-state index is -0.0880. The first-order chi connectivity index (χ1) is 11.6. The summed E-state index contributed by atoms with van der Waals surface area (Å²) in [7, 11) is 0. The molecule has 1 aliphatic heterocycles. The predicted molar refractivity (Wildman–Crippen MR) is 94.1 cm³/mol.